The number of halogens is 1. The number of anilines is 2. The van der Waals surface area contributed by atoms with Crippen LogP contribution in [0.2, 0.25) is 0 Å². The quantitative estimate of drug-likeness (QED) is 0.829. The number of hydrogen-bond acceptors (Lipinski definition) is 4. The van der Waals surface area contributed by atoms with Gasteiger partial charge in [0.15, 0.2) is 0 Å². The minimum atomic E-state index is -0.281. The normalized spacial score (nSPS) is 10.0. The Labute approximate surface area is 131 Å². The third kappa shape index (κ3) is 3.46. The fraction of sp³-hybridized carbons (Fsp3) is 0.133. The van der Waals surface area contributed by atoms with Gasteiger partial charge in [0.1, 0.15) is 11.5 Å². The fourth-order valence-corrected chi connectivity index (χ4v) is 2.24. The van der Waals surface area contributed by atoms with Gasteiger partial charge in [-0.25, -0.2) is 0 Å². The van der Waals surface area contributed by atoms with Gasteiger partial charge >= 0.3 is 0 Å². The van der Waals surface area contributed by atoms with Gasteiger partial charge in [0.05, 0.1) is 24.3 Å². The first-order valence-electron chi connectivity index (χ1n) is 6.13. The summed E-state index contributed by atoms with van der Waals surface area (Å²) in [5.41, 5.74) is 7.25. The van der Waals surface area contributed by atoms with Crippen molar-refractivity contribution < 1.29 is 14.3 Å². The molecule has 0 saturated carbocycles. The number of rotatable bonds is 4. The van der Waals surface area contributed by atoms with Crippen LogP contribution in [0, 0.1) is 0 Å². The van der Waals surface area contributed by atoms with Gasteiger partial charge in [0, 0.05) is 23.5 Å². The summed E-state index contributed by atoms with van der Waals surface area (Å²) in [5.74, 6) is 0.782. The Bertz CT molecular complexity index is 674. The Morgan fingerprint density at radius 3 is 2.48 bits per heavy atom. The number of methoxy groups -OCH3 is 2. The Hall–Kier alpha value is -2.21. The second-order valence-electron chi connectivity index (χ2n) is 4.26. The summed E-state index contributed by atoms with van der Waals surface area (Å²) >= 11 is 3.36. The van der Waals surface area contributed by atoms with Gasteiger partial charge in [-0.1, -0.05) is 0 Å². The molecular formula is C15H15BrN2O3. The van der Waals surface area contributed by atoms with Crippen molar-refractivity contribution >= 4 is 33.2 Å². The molecule has 1 amide bonds. The van der Waals surface area contributed by atoms with E-state index < -0.39 is 0 Å². The lowest BCUT2D eigenvalue weighted by molar-refractivity contribution is 0.102. The molecule has 0 heterocycles. The van der Waals surface area contributed by atoms with Gasteiger partial charge in [-0.2, -0.15) is 0 Å². The van der Waals surface area contributed by atoms with Gasteiger partial charge in [0.25, 0.3) is 5.91 Å². The highest BCUT2D eigenvalue weighted by atomic mass is 79.9. The molecular weight excluding hydrogens is 336 g/mol. The number of benzene rings is 2. The summed E-state index contributed by atoms with van der Waals surface area (Å²) in [6.45, 7) is 0. The van der Waals surface area contributed by atoms with Crippen LogP contribution in [0.15, 0.2) is 40.9 Å². The van der Waals surface area contributed by atoms with Crippen molar-refractivity contribution in [2.75, 3.05) is 25.3 Å². The SMILES string of the molecule is COc1cc(NC(=O)c2ccc(N)cc2OC)ccc1Br. The van der Waals surface area contributed by atoms with Crippen LogP contribution in [-0.2, 0) is 0 Å². The van der Waals surface area contributed by atoms with Crippen LogP contribution in [0.4, 0.5) is 11.4 Å². The Morgan fingerprint density at radius 1 is 1.10 bits per heavy atom. The number of nitrogens with one attached hydrogen (secondary N) is 1. The first kappa shape index (κ1) is 15.2. The van der Waals surface area contributed by atoms with E-state index in [2.05, 4.69) is 21.2 Å². The molecule has 0 saturated heterocycles. The lowest BCUT2D eigenvalue weighted by Crippen LogP contribution is -2.13. The van der Waals surface area contributed by atoms with Crippen LogP contribution in [0.1, 0.15) is 10.4 Å². The first-order valence-corrected chi connectivity index (χ1v) is 6.93. The molecule has 2 rings (SSSR count). The Balaban J connectivity index is 2.26. The van der Waals surface area contributed by atoms with E-state index in [9.17, 15) is 4.79 Å². The predicted molar refractivity (Wildman–Crippen MR) is 86.1 cm³/mol. The van der Waals surface area contributed by atoms with Gasteiger partial charge < -0.3 is 20.5 Å². The van der Waals surface area contributed by atoms with E-state index in [-0.39, 0.29) is 5.91 Å². The maximum atomic E-state index is 12.3. The molecule has 0 aliphatic rings. The van der Waals surface area contributed by atoms with E-state index in [1.807, 2.05) is 0 Å². The zero-order chi connectivity index (χ0) is 15.4. The monoisotopic (exact) mass is 350 g/mol. The molecule has 0 bridgehead atoms. The summed E-state index contributed by atoms with van der Waals surface area (Å²) in [7, 11) is 3.06. The summed E-state index contributed by atoms with van der Waals surface area (Å²) in [6, 6.07) is 10.2. The van der Waals surface area contributed by atoms with Crippen LogP contribution in [0.3, 0.4) is 0 Å². The summed E-state index contributed by atoms with van der Waals surface area (Å²) in [4.78, 5) is 12.3. The maximum absolute atomic E-state index is 12.3. The summed E-state index contributed by atoms with van der Waals surface area (Å²) in [5, 5.41) is 2.79. The molecule has 0 radical (unpaired) electrons. The first-order chi connectivity index (χ1) is 10.0. The second-order valence-corrected chi connectivity index (χ2v) is 5.12. The predicted octanol–water partition coefficient (Wildman–Crippen LogP) is 3.30. The van der Waals surface area contributed by atoms with Crippen molar-refractivity contribution in [3.8, 4) is 11.5 Å². The molecule has 0 aliphatic heterocycles. The number of nitrogen functional groups attached to an aromatic ring is 1. The number of carbonyl (C=O) groups is 1. The van der Waals surface area contributed by atoms with Gasteiger partial charge in [0.2, 0.25) is 0 Å². The van der Waals surface area contributed by atoms with Crippen molar-refractivity contribution in [2.45, 2.75) is 0 Å². The van der Waals surface area contributed by atoms with Gasteiger partial charge in [-0.15, -0.1) is 0 Å². The molecule has 21 heavy (non-hydrogen) atoms. The molecule has 0 unspecified atom stereocenters. The lowest BCUT2D eigenvalue weighted by atomic mass is 10.1. The van der Waals surface area contributed by atoms with E-state index >= 15 is 0 Å². The third-order valence-corrected chi connectivity index (χ3v) is 3.53. The molecule has 0 fully saturated rings. The molecule has 0 atom stereocenters. The van der Waals surface area contributed by atoms with Crippen LogP contribution in [0.5, 0.6) is 11.5 Å². The standard InChI is InChI=1S/C15H15BrN2O3/c1-20-13-7-9(17)3-5-11(13)15(19)18-10-4-6-12(16)14(8-10)21-2/h3-8H,17H2,1-2H3,(H,18,19). The van der Waals surface area contributed by atoms with Crippen molar-refractivity contribution in [1.82, 2.24) is 0 Å². The highest BCUT2D eigenvalue weighted by Crippen LogP contribution is 2.29. The molecule has 0 aliphatic carbocycles. The van der Waals surface area contributed by atoms with E-state index in [4.69, 9.17) is 15.2 Å². The minimum Gasteiger partial charge on any atom is -0.496 e. The highest BCUT2D eigenvalue weighted by Gasteiger charge is 2.13. The van der Waals surface area contributed by atoms with Crippen molar-refractivity contribution in [3.05, 3.63) is 46.4 Å². The third-order valence-electron chi connectivity index (χ3n) is 2.88. The van der Waals surface area contributed by atoms with Crippen molar-refractivity contribution in [2.24, 2.45) is 0 Å². The molecule has 2 aromatic rings. The van der Waals surface area contributed by atoms with Gasteiger partial charge in [-0.3, -0.25) is 4.79 Å². The average molecular weight is 351 g/mol. The zero-order valence-electron chi connectivity index (χ0n) is 11.6. The van der Waals surface area contributed by atoms with Crippen LogP contribution in [-0.4, -0.2) is 20.1 Å². The number of amides is 1. The topological polar surface area (TPSA) is 73.6 Å². The number of nitrogens with two attached hydrogens (primary N) is 1. The molecule has 0 aromatic heterocycles. The van der Waals surface area contributed by atoms with Crippen molar-refractivity contribution in [1.29, 1.82) is 0 Å². The molecule has 5 nitrogen and oxygen atoms in total. The van der Waals surface area contributed by atoms with Crippen LogP contribution >= 0.6 is 15.9 Å². The number of carbonyl (C=O) groups excluding carboxylic acids is 1. The minimum absolute atomic E-state index is 0.281. The molecule has 3 N–H and O–H groups in total. The lowest BCUT2D eigenvalue weighted by Gasteiger charge is -2.11. The van der Waals surface area contributed by atoms with E-state index in [1.165, 1.54) is 7.11 Å². The van der Waals surface area contributed by atoms with Crippen molar-refractivity contribution in [3.63, 3.8) is 0 Å². The molecule has 2 aromatic carbocycles. The van der Waals surface area contributed by atoms with E-state index in [1.54, 1.807) is 43.5 Å². The summed E-state index contributed by atoms with van der Waals surface area (Å²) < 4.78 is 11.2. The number of ether oxygens (including phenoxy) is 2. The zero-order valence-corrected chi connectivity index (χ0v) is 13.2. The maximum Gasteiger partial charge on any atom is 0.259 e. The largest absolute Gasteiger partial charge is 0.496 e. The fourth-order valence-electron chi connectivity index (χ4n) is 1.83. The van der Waals surface area contributed by atoms with Crippen LogP contribution < -0.4 is 20.5 Å². The summed E-state index contributed by atoms with van der Waals surface area (Å²) in [6.07, 6.45) is 0. The Kier molecular flexibility index (Phi) is 4.70. The smallest absolute Gasteiger partial charge is 0.259 e. The second kappa shape index (κ2) is 6.49. The van der Waals surface area contributed by atoms with Gasteiger partial charge in [-0.05, 0) is 40.2 Å². The average Bonchev–Trinajstić information content (AvgIpc) is 2.48. The van der Waals surface area contributed by atoms with Crippen LogP contribution in [0.25, 0.3) is 0 Å². The Morgan fingerprint density at radius 2 is 1.81 bits per heavy atom. The molecule has 0 spiro atoms. The number of hydrogen-bond donors (Lipinski definition) is 2. The van der Waals surface area contributed by atoms with E-state index in [0.29, 0.717) is 28.4 Å². The van der Waals surface area contributed by atoms with E-state index in [0.717, 1.165) is 4.47 Å². The molecule has 110 valence electrons. The molecule has 6 heteroatoms. The highest BCUT2D eigenvalue weighted by molar-refractivity contribution is 9.10.